The summed E-state index contributed by atoms with van der Waals surface area (Å²) in [5.41, 5.74) is 1.35. The molecule has 0 aliphatic carbocycles. The van der Waals surface area contributed by atoms with Gasteiger partial charge < -0.3 is 20.4 Å². The number of anilines is 1. The average molecular weight is 466 g/mol. The number of aromatic nitrogens is 1. The van der Waals surface area contributed by atoms with E-state index in [0.29, 0.717) is 23.2 Å². The highest BCUT2D eigenvalue weighted by molar-refractivity contribution is 6.40. The second kappa shape index (κ2) is 9.78. The van der Waals surface area contributed by atoms with Crippen LogP contribution in [0.4, 0.5) is 18.9 Å². The minimum atomic E-state index is -4.57. The summed E-state index contributed by atoms with van der Waals surface area (Å²) in [6, 6.07) is 8.61. The molecule has 2 aromatic carbocycles. The first-order chi connectivity index (χ1) is 15.2. The maximum absolute atomic E-state index is 12.8. The topological polar surface area (TPSA) is 83.2 Å². The Morgan fingerprint density at radius 2 is 1.94 bits per heavy atom. The van der Waals surface area contributed by atoms with E-state index in [4.69, 9.17) is 16.3 Å². The number of H-pyrrole nitrogens is 1. The molecule has 0 unspecified atom stereocenters. The highest BCUT2D eigenvalue weighted by Gasteiger charge is 2.33. The standard InChI is InChI=1S/C22H19ClF3N3O3/c1-2-32-8-7-13-4-6-18-15(9-13)19(12-27-18)29-21(31)20(30)28-11-14-3-5-16(17(23)10-14)22(24,25)26/h3-10,12,27H,2,11H2,1H3,(H,28,30)(H,29,31)/b8-7+. The Hall–Kier alpha value is -3.46. The van der Waals surface area contributed by atoms with Crippen LogP contribution in [0, 0.1) is 0 Å². The molecule has 0 radical (unpaired) electrons. The van der Waals surface area contributed by atoms with Crippen LogP contribution < -0.4 is 10.6 Å². The summed E-state index contributed by atoms with van der Waals surface area (Å²) >= 11 is 5.67. The molecule has 2 amide bonds. The molecule has 0 atom stereocenters. The lowest BCUT2D eigenvalue weighted by atomic mass is 10.1. The molecule has 3 rings (SSSR count). The largest absolute Gasteiger partial charge is 0.501 e. The predicted molar refractivity (Wildman–Crippen MR) is 116 cm³/mol. The van der Waals surface area contributed by atoms with E-state index in [1.165, 1.54) is 6.07 Å². The van der Waals surface area contributed by atoms with E-state index in [2.05, 4.69) is 15.6 Å². The lowest BCUT2D eigenvalue weighted by Crippen LogP contribution is -2.34. The summed E-state index contributed by atoms with van der Waals surface area (Å²) in [6.07, 6.45) is 0.314. The minimum absolute atomic E-state index is 0.162. The van der Waals surface area contributed by atoms with E-state index in [1.54, 1.807) is 18.5 Å². The van der Waals surface area contributed by atoms with Crippen LogP contribution in [0.25, 0.3) is 17.0 Å². The van der Waals surface area contributed by atoms with E-state index >= 15 is 0 Å². The third-order valence-corrected chi connectivity index (χ3v) is 4.79. The Morgan fingerprint density at radius 1 is 1.16 bits per heavy atom. The molecular formula is C22H19ClF3N3O3. The SMILES string of the molecule is CCO/C=C/c1ccc2[nH]cc(NC(=O)C(=O)NCc3ccc(C(F)(F)F)c(Cl)c3)c2c1. The van der Waals surface area contributed by atoms with Crippen LogP contribution in [-0.2, 0) is 27.0 Å². The molecule has 6 nitrogen and oxygen atoms in total. The molecule has 1 heterocycles. The van der Waals surface area contributed by atoms with Crippen molar-refractivity contribution in [2.75, 3.05) is 11.9 Å². The van der Waals surface area contributed by atoms with Crippen LogP contribution in [-0.4, -0.2) is 23.4 Å². The summed E-state index contributed by atoms with van der Waals surface area (Å²) in [7, 11) is 0. The fourth-order valence-electron chi connectivity index (χ4n) is 2.91. The molecule has 3 aromatic rings. The van der Waals surface area contributed by atoms with E-state index in [1.807, 2.05) is 25.1 Å². The number of nitrogens with one attached hydrogen (secondary N) is 3. The maximum atomic E-state index is 12.8. The molecule has 32 heavy (non-hydrogen) atoms. The van der Waals surface area contributed by atoms with Crippen LogP contribution in [0.1, 0.15) is 23.6 Å². The summed E-state index contributed by atoms with van der Waals surface area (Å²) in [5.74, 6) is -1.86. The van der Waals surface area contributed by atoms with Gasteiger partial charge in [0.1, 0.15) is 0 Å². The number of aromatic amines is 1. The molecule has 1 aromatic heterocycles. The summed E-state index contributed by atoms with van der Waals surface area (Å²) in [4.78, 5) is 27.4. The second-order valence-electron chi connectivity index (χ2n) is 6.71. The van der Waals surface area contributed by atoms with Crippen LogP contribution in [0.2, 0.25) is 5.02 Å². The number of ether oxygens (including phenoxy) is 1. The lowest BCUT2D eigenvalue weighted by Gasteiger charge is -2.11. The average Bonchev–Trinajstić information content (AvgIpc) is 3.13. The van der Waals surface area contributed by atoms with E-state index in [-0.39, 0.29) is 6.54 Å². The first-order valence-corrected chi connectivity index (χ1v) is 9.91. The van der Waals surface area contributed by atoms with Gasteiger partial charge >= 0.3 is 18.0 Å². The smallest absolute Gasteiger partial charge is 0.417 e. The lowest BCUT2D eigenvalue weighted by molar-refractivity contribution is -0.137. The van der Waals surface area contributed by atoms with Gasteiger partial charge in [0.15, 0.2) is 0 Å². The highest BCUT2D eigenvalue weighted by Crippen LogP contribution is 2.34. The fourth-order valence-corrected chi connectivity index (χ4v) is 3.22. The Labute approximate surface area is 186 Å². The van der Waals surface area contributed by atoms with Crippen molar-refractivity contribution >= 4 is 46.1 Å². The number of benzene rings is 2. The van der Waals surface area contributed by atoms with Gasteiger partial charge in [-0.05, 0) is 48.4 Å². The minimum Gasteiger partial charge on any atom is -0.501 e. The number of hydrogen-bond acceptors (Lipinski definition) is 3. The van der Waals surface area contributed by atoms with Gasteiger partial charge in [0.2, 0.25) is 0 Å². The van der Waals surface area contributed by atoms with Gasteiger partial charge in [-0.25, -0.2) is 0 Å². The number of carbonyl (C=O) groups is 2. The number of hydrogen-bond donors (Lipinski definition) is 3. The summed E-state index contributed by atoms with van der Waals surface area (Å²) in [5, 5.41) is 5.09. The zero-order valence-corrected chi connectivity index (χ0v) is 17.6. The first-order valence-electron chi connectivity index (χ1n) is 9.53. The number of halogens is 4. The third-order valence-electron chi connectivity index (χ3n) is 4.48. The van der Waals surface area contributed by atoms with Crippen molar-refractivity contribution in [2.45, 2.75) is 19.6 Å². The molecule has 0 saturated heterocycles. The van der Waals surface area contributed by atoms with E-state index in [9.17, 15) is 22.8 Å². The molecule has 0 fully saturated rings. The van der Waals surface area contributed by atoms with Crippen molar-refractivity contribution in [3.63, 3.8) is 0 Å². The molecule has 168 valence electrons. The van der Waals surface area contributed by atoms with Crippen molar-refractivity contribution in [1.29, 1.82) is 0 Å². The molecule has 0 saturated carbocycles. The van der Waals surface area contributed by atoms with Crippen LogP contribution >= 0.6 is 11.6 Å². The Kier molecular flexibility index (Phi) is 7.09. The zero-order chi connectivity index (χ0) is 23.3. The van der Waals surface area contributed by atoms with Crippen molar-refractivity contribution in [2.24, 2.45) is 0 Å². The van der Waals surface area contributed by atoms with Gasteiger partial charge in [0.25, 0.3) is 0 Å². The molecule has 3 N–H and O–H groups in total. The molecule has 0 aliphatic heterocycles. The molecular weight excluding hydrogens is 447 g/mol. The van der Waals surface area contributed by atoms with Gasteiger partial charge in [-0.15, -0.1) is 0 Å². The summed E-state index contributed by atoms with van der Waals surface area (Å²) in [6.45, 7) is 2.24. The van der Waals surface area contributed by atoms with Crippen molar-refractivity contribution in [3.05, 3.63) is 70.6 Å². The van der Waals surface area contributed by atoms with Crippen molar-refractivity contribution in [1.82, 2.24) is 10.3 Å². The van der Waals surface area contributed by atoms with Crippen LogP contribution in [0.5, 0.6) is 0 Å². The number of rotatable bonds is 6. The number of fused-ring (bicyclic) bond motifs is 1. The number of carbonyl (C=O) groups excluding carboxylic acids is 2. The van der Waals surface area contributed by atoms with Crippen molar-refractivity contribution < 1.29 is 27.5 Å². The normalized spacial score (nSPS) is 11.7. The van der Waals surface area contributed by atoms with Crippen LogP contribution in [0.15, 0.2) is 48.9 Å². The van der Waals surface area contributed by atoms with Crippen molar-refractivity contribution in [3.8, 4) is 0 Å². The monoisotopic (exact) mass is 465 g/mol. The molecule has 0 bridgehead atoms. The van der Waals surface area contributed by atoms with Gasteiger partial charge in [-0.3, -0.25) is 9.59 Å². The quantitative estimate of drug-likeness (QED) is 0.350. The Balaban J connectivity index is 1.64. The Bertz CT molecular complexity index is 1170. The van der Waals surface area contributed by atoms with Gasteiger partial charge in [0.05, 0.1) is 29.1 Å². The van der Waals surface area contributed by atoms with Gasteiger partial charge in [-0.2, -0.15) is 13.2 Å². The third kappa shape index (κ3) is 5.61. The predicted octanol–water partition coefficient (Wildman–Crippen LogP) is 5.10. The van der Waals surface area contributed by atoms with Gasteiger partial charge in [0, 0.05) is 23.6 Å². The van der Waals surface area contributed by atoms with E-state index in [0.717, 1.165) is 23.2 Å². The van der Waals surface area contributed by atoms with Crippen LogP contribution in [0.3, 0.4) is 0 Å². The molecule has 10 heteroatoms. The second-order valence-corrected chi connectivity index (χ2v) is 7.12. The summed E-state index contributed by atoms with van der Waals surface area (Å²) < 4.78 is 43.5. The Morgan fingerprint density at radius 3 is 2.62 bits per heavy atom. The number of alkyl halides is 3. The van der Waals surface area contributed by atoms with Gasteiger partial charge in [-0.1, -0.05) is 23.7 Å². The number of amides is 2. The first kappa shape index (κ1) is 23.2. The maximum Gasteiger partial charge on any atom is 0.417 e. The zero-order valence-electron chi connectivity index (χ0n) is 16.8. The molecule has 0 spiro atoms. The highest BCUT2D eigenvalue weighted by atomic mass is 35.5. The molecule has 0 aliphatic rings. The fraction of sp³-hybridized carbons (Fsp3) is 0.182. The van der Waals surface area contributed by atoms with E-state index < -0.39 is 28.6 Å².